The standard InChI is InChI=1S/C18H17N3O5/c1-10-14(11(2)25-20-10)7-18(22)19-8-13-6-16(26-21-13)12-3-4-15-17(5-12)24-9-23-15/h3-6H,7-9H2,1-2H3,(H,19,22). The molecule has 0 saturated carbocycles. The van der Waals surface area contributed by atoms with Crippen LogP contribution in [0.1, 0.15) is 22.7 Å². The Morgan fingerprint density at radius 1 is 1.12 bits per heavy atom. The number of benzene rings is 1. The molecule has 0 aliphatic carbocycles. The lowest BCUT2D eigenvalue weighted by Gasteiger charge is -2.02. The zero-order valence-corrected chi connectivity index (χ0v) is 14.4. The molecule has 3 heterocycles. The largest absolute Gasteiger partial charge is 0.454 e. The van der Waals surface area contributed by atoms with E-state index in [9.17, 15) is 4.79 Å². The van der Waals surface area contributed by atoms with Crippen LogP contribution in [0.5, 0.6) is 11.5 Å². The molecule has 0 atom stereocenters. The smallest absolute Gasteiger partial charge is 0.231 e. The van der Waals surface area contributed by atoms with Crippen molar-refractivity contribution in [1.82, 2.24) is 15.6 Å². The van der Waals surface area contributed by atoms with Gasteiger partial charge in [0.2, 0.25) is 12.7 Å². The van der Waals surface area contributed by atoms with E-state index < -0.39 is 0 Å². The van der Waals surface area contributed by atoms with Crippen molar-refractivity contribution in [2.75, 3.05) is 6.79 Å². The van der Waals surface area contributed by atoms with Gasteiger partial charge in [0.1, 0.15) is 11.5 Å². The van der Waals surface area contributed by atoms with Gasteiger partial charge in [-0.3, -0.25) is 4.79 Å². The van der Waals surface area contributed by atoms with Crippen molar-refractivity contribution in [2.45, 2.75) is 26.8 Å². The monoisotopic (exact) mass is 355 g/mol. The average Bonchev–Trinajstić information content (AvgIpc) is 3.35. The van der Waals surface area contributed by atoms with Crippen molar-refractivity contribution in [2.24, 2.45) is 0 Å². The molecule has 4 rings (SSSR count). The highest BCUT2D eigenvalue weighted by atomic mass is 16.7. The lowest BCUT2D eigenvalue weighted by Crippen LogP contribution is -2.25. The molecule has 0 saturated heterocycles. The molecule has 8 nitrogen and oxygen atoms in total. The topological polar surface area (TPSA) is 99.6 Å². The Morgan fingerprint density at radius 2 is 1.96 bits per heavy atom. The highest BCUT2D eigenvalue weighted by molar-refractivity contribution is 5.79. The molecule has 0 spiro atoms. The number of rotatable bonds is 5. The van der Waals surface area contributed by atoms with Crippen molar-refractivity contribution >= 4 is 5.91 Å². The maximum absolute atomic E-state index is 12.1. The molecule has 26 heavy (non-hydrogen) atoms. The summed E-state index contributed by atoms with van der Waals surface area (Å²) in [5.74, 6) is 2.50. The van der Waals surface area contributed by atoms with Crippen LogP contribution in [-0.2, 0) is 17.8 Å². The van der Waals surface area contributed by atoms with Gasteiger partial charge in [0, 0.05) is 17.2 Å². The van der Waals surface area contributed by atoms with E-state index in [0.29, 0.717) is 28.7 Å². The minimum atomic E-state index is -0.132. The Balaban J connectivity index is 1.39. The Kier molecular flexibility index (Phi) is 4.08. The molecule has 8 heteroatoms. The van der Waals surface area contributed by atoms with Gasteiger partial charge in [-0.05, 0) is 32.0 Å². The molecule has 1 aromatic carbocycles. The third-order valence-electron chi connectivity index (χ3n) is 4.20. The van der Waals surface area contributed by atoms with Crippen molar-refractivity contribution in [3.8, 4) is 22.8 Å². The fourth-order valence-corrected chi connectivity index (χ4v) is 2.75. The first-order valence-electron chi connectivity index (χ1n) is 8.14. The zero-order chi connectivity index (χ0) is 18.1. The number of aryl methyl sites for hydroxylation is 2. The molecular formula is C18H17N3O5. The van der Waals surface area contributed by atoms with Crippen LogP contribution in [0, 0.1) is 13.8 Å². The summed E-state index contributed by atoms with van der Waals surface area (Å²) in [5, 5.41) is 10.7. The summed E-state index contributed by atoms with van der Waals surface area (Å²) in [6.07, 6.45) is 0.216. The van der Waals surface area contributed by atoms with E-state index in [-0.39, 0.29) is 25.7 Å². The molecule has 1 N–H and O–H groups in total. The first-order valence-corrected chi connectivity index (χ1v) is 8.14. The number of nitrogens with zero attached hydrogens (tertiary/aromatic N) is 2. The van der Waals surface area contributed by atoms with Crippen LogP contribution in [0.2, 0.25) is 0 Å². The first-order chi connectivity index (χ1) is 12.6. The van der Waals surface area contributed by atoms with Gasteiger partial charge in [0.05, 0.1) is 18.7 Å². The Morgan fingerprint density at radius 3 is 2.77 bits per heavy atom. The number of hydrogen-bond acceptors (Lipinski definition) is 7. The number of hydrogen-bond donors (Lipinski definition) is 1. The Bertz CT molecular complexity index is 940. The fourth-order valence-electron chi connectivity index (χ4n) is 2.75. The third kappa shape index (κ3) is 3.13. The Labute approximate surface area is 149 Å². The van der Waals surface area contributed by atoms with E-state index in [2.05, 4.69) is 15.6 Å². The van der Waals surface area contributed by atoms with Crippen LogP contribution in [0.4, 0.5) is 0 Å². The lowest BCUT2D eigenvalue weighted by atomic mass is 10.1. The average molecular weight is 355 g/mol. The van der Waals surface area contributed by atoms with Crippen LogP contribution < -0.4 is 14.8 Å². The summed E-state index contributed by atoms with van der Waals surface area (Å²) in [5.41, 5.74) is 2.99. The minimum Gasteiger partial charge on any atom is -0.454 e. The third-order valence-corrected chi connectivity index (χ3v) is 4.20. The predicted octanol–water partition coefficient (Wildman–Crippen LogP) is 2.53. The van der Waals surface area contributed by atoms with Crippen LogP contribution >= 0.6 is 0 Å². The zero-order valence-electron chi connectivity index (χ0n) is 14.4. The molecule has 0 bridgehead atoms. The van der Waals surface area contributed by atoms with Crippen LogP contribution in [0.15, 0.2) is 33.3 Å². The van der Waals surface area contributed by atoms with Crippen molar-refractivity contribution in [3.63, 3.8) is 0 Å². The van der Waals surface area contributed by atoms with Crippen LogP contribution in [0.3, 0.4) is 0 Å². The van der Waals surface area contributed by atoms with Gasteiger partial charge in [-0.2, -0.15) is 0 Å². The summed E-state index contributed by atoms with van der Waals surface area (Å²) < 4.78 is 21.1. The van der Waals surface area contributed by atoms with Gasteiger partial charge in [-0.1, -0.05) is 10.3 Å². The summed E-state index contributed by atoms with van der Waals surface area (Å²) in [6, 6.07) is 7.31. The SMILES string of the molecule is Cc1noc(C)c1CC(=O)NCc1cc(-c2ccc3c(c2)OCO3)on1. The van der Waals surface area contributed by atoms with Crippen molar-refractivity contribution in [1.29, 1.82) is 0 Å². The number of carbonyl (C=O) groups excluding carboxylic acids is 1. The van der Waals surface area contributed by atoms with Crippen molar-refractivity contribution < 1.29 is 23.3 Å². The molecule has 2 aromatic heterocycles. The summed E-state index contributed by atoms with van der Waals surface area (Å²) in [6.45, 7) is 4.10. The second-order valence-corrected chi connectivity index (χ2v) is 6.01. The number of fused-ring (bicyclic) bond motifs is 1. The van der Waals surface area contributed by atoms with E-state index in [1.165, 1.54) is 0 Å². The van der Waals surface area contributed by atoms with Gasteiger partial charge in [0.15, 0.2) is 17.3 Å². The normalized spacial score (nSPS) is 12.4. The van der Waals surface area contributed by atoms with Gasteiger partial charge >= 0.3 is 0 Å². The van der Waals surface area contributed by atoms with E-state index >= 15 is 0 Å². The van der Waals surface area contributed by atoms with Gasteiger partial charge in [0.25, 0.3) is 0 Å². The molecular weight excluding hydrogens is 338 g/mol. The molecule has 1 amide bonds. The summed E-state index contributed by atoms with van der Waals surface area (Å²) >= 11 is 0. The molecule has 3 aromatic rings. The van der Waals surface area contributed by atoms with Crippen LogP contribution in [-0.4, -0.2) is 23.0 Å². The maximum atomic E-state index is 12.1. The van der Waals surface area contributed by atoms with Gasteiger partial charge in [-0.15, -0.1) is 0 Å². The highest BCUT2D eigenvalue weighted by Crippen LogP contribution is 2.35. The number of amides is 1. The molecule has 0 unspecified atom stereocenters. The lowest BCUT2D eigenvalue weighted by molar-refractivity contribution is -0.120. The van der Waals surface area contributed by atoms with E-state index in [0.717, 1.165) is 16.8 Å². The van der Waals surface area contributed by atoms with Crippen LogP contribution in [0.25, 0.3) is 11.3 Å². The van der Waals surface area contributed by atoms with Crippen molar-refractivity contribution in [3.05, 3.63) is 47.0 Å². The summed E-state index contributed by atoms with van der Waals surface area (Å²) in [4.78, 5) is 12.1. The maximum Gasteiger partial charge on any atom is 0.231 e. The fraction of sp³-hybridized carbons (Fsp3) is 0.278. The number of aromatic nitrogens is 2. The van der Waals surface area contributed by atoms with Gasteiger partial charge < -0.3 is 23.8 Å². The van der Waals surface area contributed by atoms with E-state index in [4.69, 9.17) is 18.5 Å². The Hall–Kier alpha value is -3.29. The number of carbonyl (C=O) groups is 1. The molecule has 134 valence electrons. The second-order valence-electron chi connectivity index (χ2n) is 6.01. The molecule has 1 aliphatic rings. The predicted molar refractivity (Wildman–Crippen MR) is 89.6 cm³/mol. The number of nitrogens with one attached hydrogen (secondary N) is 1. The van der Waals surface area contributed by atoms with E-state index in [1.807, 2.05) is 25.1 Å². The number of ether oxygens (including phenoxy) is 2. The quantitative estimate of drug-likeness (QED) is 0.750. The summed E-state index contributed by atoms with van der Waals surface area (Å²) in [7, 11) is 0. The minimum absolute atomic E-state index is 0.132. The van der Waals surface area contributed by atoms with Gasteiger partial charge in [-0.25, -0.2) is 0 Å². The molecule has 1 aliphatic heterocycles. The van der Waals surface area contributed by atoms with E-state index in [1.54, 1.807) is 13.0 Å². The molecule has 0 radical (unpaired) electrons. The first kappa shape index (κ1) is 16.2. The second kappa shape index (κ2) is 6.55. The molecule has 0 fully saturated rings. The highest BCUT2D eigenvalue weighted by Gasteiger charge is 2.17.